The lowest BCUT2D eigenvalue weighted by atomic mass is 10.0. The first kappa shape index (κ1) is 6.05. The van der Waals surface area contributed by atoms with Crippen molar-refractivity contribution in [1.82, 2.24) is 5.32 Å². The summed E-state index contributed by atoms with van der Waals surface area (Å²) in [6, 6.07) is 0.513. The Morgan fingerprint density at radius 3 is 2.75 bits per heavy atom. The standard InChI is InChI=1S/C6H13NO/c1-5-4-6(8)2-3-7-5/h5-8H,2-4H2,1H3/t5-,6+/m0/s1. The normalized spacial score (nSPS) is 39.8. The van der Waals surface area contributed by atoms with Gasteiger partial charge in [0.05, 0.1) is 6.10 Å². The summed E-state index contributed by atoms with van der Waals surface area (Å²) in [5.41, 5.74) is 0. The molecule has 1 aliphatic heterocycles. The molecule has 0 spiro atoms. The van der Waals surface area contributed by atoms with Crippen molar-refractivity contribution in [3.8, 4) is 0 Å². The third kappa shape index (κ3) is 1.46. The topological polar surface area (TPSA) is 32.3 Å². The molecule has 1 saturated heterocycles. The Bertz CT molecular complexity index is 66.9. The molecule has 48 valence electrons. The molecule has 0 unspecified atom stereocenters. The van der Waals surface area contributed by atoms with Crippen LogP contribution >= 0.6 is 0 Å². The zero-order valence-corrected chi connectivity index (χ0v) is 5.22. The Labute approximate surface area is 49.9 Å². The summed E-state index contributed by atoms with van der Waals surface area (Å²) in [4.78, 5) is 0. The van der Waals surface area contributed by atoms with Gasteiger partial charge in [0, 0.05) is 6.04 Å². The van der Waals surface area contributed by atoms with E-state index in [9.17, 15) is 0 Å². The van der Waals surface area contributed by atoms with E-state index in [0.29, 0.717) is 6.04 Å². The molecule has 1 fully saturated rings. The number of hydrogen-bond donors (Lipinski definition) is 2. The molecule has 0 aromatic heterocycles. The average molecular weight is 115 g/mol. The summed E-state index contributed by atoms with van der Waals surface area (Å²) in [6.45, 7) is 3.07. The molecule has 8 heavy (non-hydrogen) atoms. The van der Waals surface area contributed by atoms with Gasteiger partial charge in [0.25, 0.3) is 0 Å². The predicted molar refractivity (Wildman–Crippen MR) is 32.7 cm³/mol. The monoisotopic (exact) mass is 115 g/mol. The van der Waals surface area contributed by atoms with Gasteiger partial charge in [-0.15, -0.1) is 0 Å². The Hall–Kier alpha value is -0.0800. The molecule has 0 aromatic rings. The third-order valence-corrected chi connectivity index (χ3v) is 1.60. The first-order chi connectivity index (χ1) is 3.79. The highest BCUT2D eigenvalue weighted by molar-refractivity contribution is 4.73. The van der Waals surface area contributed by atoms with Crippen molar-refractivity contribution in [3.63, 3.8) is 0 Å². The number of piperidine rings is 1. The van der Waals surface area contributed by atoms with Crippen molar-refractivity contribution in [1.29, 1.82) is 0 Å². The van der Waals surface area contributed by atoms with Gasteiger partial charge in [0.15, 0.2) is 0 Å². The fourth-order valence-corrected chi connectivity index (χ4v) is 1.11. The summed E-state index contributed by atoms with van der Waals surface area (Å²) in [5.74, 6) is 0. The highest BCUT2D eigenvalue weighted by Gasteiger charge is 2.14. The van der Waals surface area contributed by atoms with Crippen LogP contribution in [0.2, 0.25) is 0 Å². The minimum absolute atomic E-state index is 0.0498. The first-order valence-corrected chi connectivity index (χ1v) is 3.20. The molecule has 0 aliphatic carbocycles. The zero-order valence-electron chi connectivity index (χ0n) is 5.22. The van der Waals surface area contributed by atoms with E-state index in [4.69, 9.17) is 5.11 Å². The van der Waals surface area contributed by atoms with Crippen molar-refractivity contribution in [2.24, 2.45) is 0 Å². The van der Waals surface area contributed by atoms with E-state index < -0.39 is 0 Å². The maximum Gasteiger partial charge on any atom is 0.0567 e. The number of aliphatic hydroxyl groups excluding tert-OH is 1. The lowest BCUT2D eigenvalue weighted by Gasteiger charge is -2.23. The van der Waals surface area contributed by atoms with Crippen LogP contribution in [0.1, 0.15) is 19.8 Å². The van der Waals surface area contributed by atoms with Crippen LogP contribution in [0.25, 0.3) is 0 Å². The van der Waals surface area contributed by atoms with Crippen molar-refractivity contribution in [2.75, 3.05) is 6.54 Å². The lowest BCUT2D eigenvalue weighted by molar-refractivity contribution is 0.120. The zero-order chi connectivity index (χ0) is 5.98. The highest BCUT2D eigenvalue weighted by atomic mass is 16.3. The molecule has 0 amide bonds. The molecule has 2 heteroatoms. The van der Waals surface area contributed by atoms with Crippen molar-refractivity contribution in [3.05, 3.63) is 0 Å². The van der Waals surface area contributed by atoms with Gasteiger partial charge in [-0.3, -0.25) is 0 Å². The molecule has 0 aromatic carbocycles. The van der Waals surface area contributed by atoms with Crippen LogP contribution in [0.4, 0.5) is 0 Å². The molecule has 2 nitrogen and oxygen atoms in total. The van der Waals surface area contributed by atoms with E-state index in [2.05, 4.69) is 12.2 Å². The molecular weight excluding hydrogens is 102 g/mol. The van der Waals surface area contributed by atoms with E-state index in [0.717, 1.165) is 19.4 Å². The fraction of sp³-hybridized carbons (Fsp3) is 1.00. The number of hydrogen-bond acceptors (Lipinski definition) is 2. The molecule has 0 saturated carbocycles. The Morgan fingerprint density at radius 1 is 1.62 bits per heavy atom. The van der Waals surface area contributed by atoms with Crippen molar-refractivity contribution >= 4 is 0 Å². The van der Waals surface area contributed by atoms with E-state index in [1.54, 1.807) is 0 Å². The minimum Gasteiger partial charge on any atom is -0.393 e. The second kappa shape index (κ2) is 2.46. The maximum atomic E-state index is 9.04. The van der Waals surface area contributed by atoms with Gasteiger partial charge in [0.1, 0.15) is 0 Å². The van der Waals surface area contributed by atoms with Gasteiger partial charge >= 0.3 is 0 Å². The summed E-state index contributed by atoms with van der Waals surface area (Å²) in [7, 11) is 0. The van der Waals surface area contributed by atoms with Crippen molar-refractivity contribution in [2.45, 2.75) is 31.9 Å². The molecule has 1 aliphatic rings. The average Bonchev–Trinajstić information content (AvgIpc) is 1.64. The van der Waals surface area contributed by atoms with E-state index in [-0.39, 0.29) is 6.10 Å². The molecule has 1 rings (SSSR count). The molecule has 2 N–H and O–H groups in total. The van der Waals surface area contributed by atoms with Crippen molar-refractivity contribution < 1.29 is 5.11 Å². The van der Waals surface area contributed by atoms with Crippen LogP contribution in [0, 0.1) is 0 Å². The van der Waals surface area contributed by atoms with Gasteiger partial charge in [0.2, 0.25) is 0 Å². The van der Waals surface area contributed by atoms with E-state index >= 15 is 0 Å². The largest absolute Gasteiger partial charge is 0.393 e. The van der Waals surface area contributed by atoms with E-state index in [1.807, 2.05) is 0 Å². The van der Waals surface area contributed by atoms with Crippen LogP contribution in [-0.4, -0.2) is 23.8 Å². The van der Waals surface area contributed by atoms with Gasteiger partial charge in [-0.2, -0.15) is 0 Å². The van der Waals surface area contributed by atoms with Gasteiger partial charge in [-0.05, 0) is 26.3 Å². The van der Waals surface area contributed by atoms with Gasteiger partial charge < -0.3 is 10.4 Å². The lowest BCUT2D eigenvalue weighted by Crippen LogP contribution is -2.37. The summed E-state index contributed by atoms with van der Waals surface area (Å²) < 4.78 is 0. The highest BCUT2D eigenvalue weighted by Crippen LogP contribution is 2.06. The number of rotatable bonds is 0. The smallest absolute Gasteiger partial charge is 0.0567 e. The summed E-state index contributed by atoms with van der Waals surface area (Å²) >= 11 is 0. The molecule has 0 radical (unpaired) electrons. The molecule has 1 heterocycles. The quantitative estimate of drug-likeness (QED) is 0.470. The molecule has 0 bridgehead atoms. The Balaban J connectivity index is 2.23. The van der Waals surface area contributed by atoms with E-state index in [1.165, 1.54) is 0 Å². The number of aliphatic hydroxyl groups is 1. The second-order valence-corrected chi connectivity index (χ2v) is 2.53. The van der Waals surface area contributed by atoms with Crippen LogP contribution < -0.4 is 5.32 Å². The van der Waals surface area contributed by atoms with Crippen LogP contribution in [0.15, 0.2) is 0 Å². The Kier molecular flexibility index (Phi) is 1.86. The van der Waals surface area contributed by atoms with Gasteiger partial charge in [-0.25, -0.2) is 0 Å². The minimum atomic E-state index is -0.0498. The molecular formula is C6H13NO. The summed E-state index contributed by atoms with van der Waals surface area (Å²) in [5, 5.41) is 12.3. The van der Waals surface area contributed by atoms with Crippen LogP contribution in [0.3, 0.4) is 0 Å². The molecule has 2 atom stereocenters. The maximum absolute atomic E-state index is 9.04. The SMILES string of the molecule is C[C@H]1C[C@H](O)CCN1. The second-order valence-electron chi connectivity index (χ2n) is 2.53. The van der Waals surface area contributed by atoms with Crippen LogP contribution in [0.5, 0.6) is 0 Å². The fourth-order valence-electron chi connectivity index (χ4n) is 1.11. The van der Waals surface area contributed by atoms with Gasteiger partial charge in [-0.1, -0.05) is 0 Å². The Morgan fingerprint density at radius 2 is 2.38 bits per heavy atom. The predicted octanol–water partition coefficient (Wildman–Crippen LogP) is 0.119. The summed E-state index contributed by atoms with van der Waals surface area (Å²) in [6.07, 6.45) is 1.79. The third-order valence-electron chi connectivity index (χ3n) is 1.60. The number of nitrogens with one attached hydrogen (secondary N) is 1. The van der Waals surface area contributed by atoms with Crippen LogP contribution in [-0.2, 0) is 0 Å². The first-order valence-electron chi connectivity index (χ1n) is 3.20.